The molecule has 3 amide bonds. The Kier molecular flexibility index (Phi) is 4.44. The summed E-state index contributed by atoms with van der Waals surface area (Å²) < 4.78 is 16.4. The first-order valence-corrected chi connectivity index (χ1v) is 10.0. The van der Waals surface area contributed by atoms with E-state index in [0.717, 1.165) is 10.5 Å². The molecule has 2 aliphatic rings. The molecular formula is C21H18ClFN6O2. The van der Waals surface area contributed by atoms with E-state index in [-0.39, 0.29) is 22.3 Å². The summed E-state index contributed by atoms with van der Waals surface area (Å²) in [6.45, 7) is 0.368. The number of fused-ring (bicyclic) bond motifs is 3. The summed E-state index contributed by atoms with van der Waals surface area (Å²) in [6.07, 6.45) is -0.740. The van der Waals surface area contributed by atoms with E-state index in [2.05, 4.69) is 10.2 Å². The number of benzene rings is 2. The van der Waals surface area contributed by atoms with Crippen LogP contribution >= 0.6 is 11.6 Å². The van der Waals surface area contributed by atoms with Crippen molar-refractivity contribution in [1.82, 2.24) is 24.6 Å². The normalized spacial score (nSPS) is 20.3. The molecule has 0 radical (unpaired) electrons. The minimum Gasteiger partial charge on any atom is -0.321 e. The molecule has 1 aromatic heterocycles. The predicted octanol–water partition coefficient (Wildman–Crippen LogP) is 3.15. The number of hydrogen-bond donors (Lipinski definition) is 0. The zero-order valence-corrected chi connectivity index (χ0v) is 17.5. The van der Waals surface area contributed by atoms with Gasteiger partial charge in [-0.15, -0.1) is 10.2 Å². The molecule has 2 unspecified atom stereocenters. The van der Waals surface area contributed by atoms with Crippen molar-refractivity contribution in [1.29, 1.82) is 0 Å². The fourth-order valence-corrected chi connectivity index (χ4v) is 4.52. The number of halogens is 2. The number of anilines is 1. The van der Waals surface area contributed by atoms with Crippen molar-refractivity contribution in [2.24, 2.45) is 0 Å². The average Bonchev–Trinajstić information content (AvgIpc) is 3.31. The maximum atomic E-state index is 14.7. The van der Waals surface area contributed by atoms with Crippen LogP contribution in [0.25, 0.3) is 11.4 Å². The van der Waals surface area contributed by atoms with Gasteiger partial charge in [0.1, 0.15) is 12.0 Å². The van der Waals surface area contributed by atoms with E-state index in [1.165, 1.54) is 24.1 Å². The van der Waals surface area contributed by atoms with Gasteiger partial charge in [-0.05, 0) is 17.7 Å². The van der Waals surface area contributed by atoms with E-state index < -0.39 is 24.1 Å². The third-order valence-corrected chi connectivity index (χ3v) is 6.08. The average molecular weight is 441 g/mol. The smallest absolute Gasteiger partial charge is 0.321 e. The molecule has 10 heteroatoms. The second-order valence-corrected chi connectivity index (χ2v) is 7.96. The third kappa shape index (κ3) is 2.80. The molecule has 0 N–H and O–H groups in total. The number of imide groups is 1. The number of rotatable bonds is 3. The molecule has 0 aliphatic carbocycles. The van der Waals surface area contributed by atoms with E-state index in [9.17, 15) is 14.0 Å². The highest BCUT2D eigenvalue weighted by atomic mass is 35.5. The number of nitrogens with zero attached hydrogens (tertiary/aromatic N) is 6. The fraction of sp³-hybridized carbons (Fsp3) is 0.238. The minimum absolute atomic E-state index is 0.0791. The van der Waals surface area contributed by atoms with Gasteiger partial charge in [-0.25, -0.2) is 9.18 Å². The molecule has 3 heterocycles. The van der Waals surface area contributed by atoms with Crippen LogP contribution in [-0.2, 0) is 11.3 Å². The minimum atomic E-state index is -0.740. The van der Waals surface area contributed by atoms with E-state index in [1.54, 1.807) is 22.6 Å². The molecule has 8 nitrogen and oxygen atoms in total. The first-order valence-electron chi connectivity index (χ1n) is 9.64. The second-order valence-electron chi connectivity index (χ2n) is 7.55. The first-order chi connectivity index (χ1) is 14.9. The van der Waals surface area contributed by atoms with Gasteiger partial charge < -0.3 is 9.80 Å². The van der Waals surface area contributed by atoms with Crippen molar-refractivity contribution in [2.45, 2.75) is 18.8 Å². The van der Waals surface area contributed by atoms with E-state index >= 15 is 0 Å². The van der Waals surface area contributed by atoms with Gasteiger partial charge in [0.2, 0.25) is 5.95 Å². The summed E-state index contributed by atoms with van der Waals surface area (Å²) in [6, 6.07) is 12.7. The van der Waals surface area contributed by atoms with Gasteiger partial charge >= 0.3 is 6.03 Å². The van der Waals surface area contributed by atoms with Gasteiger partial charge in [-0.1, -0.05) is 48.0 Å². The number of urea groups is 1. The quantitative estimate of drug-likeness (QED) is 0.625. The highest BCUT2D eigenvalue weighted by molar-refractivity contribution is 6.33. The number of aromatic nitrogens is 3. The molecule has 158 valence electrons. The van der Waals surface area contributed by atoms with E-state index in [4.69, 9.17) is 11.6 Å². The molecule has 2 aliphatic heterocycles. The first kappa shape index (κ1) is 19.5. The van der Waals surface area contributed by atoms with Gasteiger partial charge in [-0.3, -0.25) is 14.3 Å². The summed E-state index contributed by atoms with van der Waals surface area (Å²) in [4.78, 5) is 30.2. The Morgan fingerprint density at radius 1 is 1.03 bits per heavy atom. The summed E-state index contributed by atoms with van der Waals surface area (Å²) >= 11 is 6.29. The Morgan fingerprint density at radius 2 is 1.77 bits per heavy atom. The lowest BCUT2D eigenvalue weighted by molar-refractivity contribution is -0.133. The van der Waals surface area contributed by atoms with Crippen LogP contribution in [0.4, 0.5) is 15.1 Å². The molecule has 2 atom stereocenters. The molecule has 31 heavy (non-hydrogen) atoms. The van der Waals surface area contributed by atoms with Crippen LogP contribution in [-0.4, -0.2) is 56.6 Å². The number of hydrogen-bond acceptors (Lipinski definition) is 5. The lowest BCUT2D eigenvalue weighted by Gasteiger charge is -2.40. The standard InChI is InChI=1S/C21H18ClFN6O2/c1-26-18-16(19(30)27(2)21(26)31)28(11-12-7-4-3-5-8-12)20-25-24-17(29(18)20)15-13(22)9-6-10-14(15)23/h3-10,16,18H,11H2,1-2H3. The van der Waals surface area contributed by atoms with Crippen molar-refractivity contribution in [3.8, 4) is 11.4 Å². The van der Waals surface area contributed by atoms with Gasteiger partial charge in [0.15, 0.2) is 11.9 Å². The maximum absolute atomic E-state index is 14.7. The summed E-state index contributed by atoms with van der Waals surface area (Å²) in [5.41, 5.74) is 1.04. The van der Waals surface area contributed by atoms with Crippen molar-refractivity contribution in [2.75, 3.05) is 19.0 Å². The van der Waals surface area contributed by atoms with Gasteiger partial charge in [0, 0.05) is 20.6 Å². The molecule has 1 fully saturated rings. The zero-order valence-electron chi connectivity index (χ0n) is 16.7. The van der Waals surface area contributed by atoms with Gasteiger partial charge in [-0.2, -0.15) is 0 Å². The van der Waals surface area contributed by atoms with Crippen LogP contribution in [0.5, 0.6) is 0 Å². The molecule has 3 aromatic rings. The monoisotopic (exact) mass is 440 g/mol. The van der Waals surface area contributed by atoms with Crippen molar-refractivity contribution in [3.05, 3.63) is 64.9 Å². The van der Waals surface area contributed by atoms with Gasteiger partial charge in [0.05, 0.1) is 10.6 Å². The lowest BCUT2D eigenvalue weighted by Crippen LogP contribution is -2.61. The Balaban J connectivity index is 1.70. The van der Waals surface area contributed by atoms with E-state index in [1.807, 2.05) is 30.3 Å². The Hall–Kier alpha value is -3.46. The fourth-order valence-electron chi connectivity index (χ4n) is 4.27. The maximum Gasteiger partial charge on any atom is 0.327 e. The third-order valence-electron chi connectivity index (χ3n) is 5.77. The molecule has 2 aromatic carbocycles. The Labute approximate surface area is 182 Å². The van der Waals surface area contributed by atoms with Crippen LogP contribution in [0.15, 0.2) is 48.5 Å². The topological polar surface area (TPSA) is 74.6 Å². The summed E-state index contributed by atoms with van der Waals surface area (Å²) in [5, 5.41) is 8.65. The van der Waals surface area contributed by atoms with Crippen LogP contribution in [0.2, 0.25) is 5.02 Å². The zero-order chi connectivity index (χ0) is 21.9. The Morgan fingerprint density at radius 3 is 2.48 bits per heavy atom. The highest BCUT2D eigenvalue weighted by Crippen LogP contribution is 2.44. The number of likely N-dealkylation sites (N-methyl/N-ethyl adjacent to an activating group) is 2. The molecule has 5 rings (SSSR count). The largest absolute Gasteiger partial charge is 0.327 e. The number of amides is 3. The Bertz CT molecular complexity index is 1180. The molecule has 1 saturated heterocycles. The molecule has 0 saturated carbocycles. The molecule has 0 spiro atoms. The predicted molar refractivity (Wildman–Crippen MR) is 112 cm³/mol. The summed E-state index contributed by atoms with van der Waals surface area (Å²) in [7, 11) is 3.05. The van der Waals surface area contributed by atoms with Crippen LogP contribution < -0.4 is 4.90 Å². The lowest BCUT2D eigenvalue weighted by atomic mass is 10.1. The van der Waals surface area contributed by atoms with Crippen molar-refractivity contribution >= 4 is 29.5 Å². The van der Waals surface area contributed by atoms with Crippen molar-refractivity contribution < 1.29 is 14.0 Å². The van der Waals surface area contributed by atoms with Crippen molar-refractivity contribution in [3.63, 3.8) is 0 Å². The number of carbonyl (C=O) groups excluding carboxylic acids is 2. The highest BCUT2D eigenvalue weighted by Gasteiger charge is 2.54. The SMILES string of the molecule is CN1C(=O)C2C(N(C)C1=O)n1c(-c3c(F)cccc3Cl)nnc1N2Cc1ccccc1. The van der Waals surface area contributed by atoms with E-state index in [0.29, 0.717) is 12.5 Å². The number of carbonyl (C=O) groups is 2. The second kappa shape index (κ2) is 7.05. The van der Waals surface area contributed by atoms with Gasteiger partial charge in [0.25, 0.3) is 5.91 Å². The summed E-state index contributed by atoms with van der Waals surface area (Å²) in [5.74, 6) is -0.383. The molecular weight excluding hydrogens is 423 g/mol. The van der Waals surface area contributed by atoms with Crippen LogP contribution in [0, 0.1) is 5.82 Å². The molecule has 0 bridgehead atoms. The van der Waals surface area contributed by atoms with Crippen LogP contribution in [0.1, 0.15) is 11.7 Å². The van der Waals surface area contributed by atoms with Crippen LogP contribution in [0.3, 0.4) is 0 Å².